The second kappa shape index (κ2) is 5.53. The molecule has 0 unspecified atom stereocenters. The molecule has 0 aliphatic heterocycles. The van der Waals surface area contributed by atoms with E-state index < -0.39 is 8.07 Å². The third kappa shape index (κ3) is 4.76. The zero-order valence-corrected chi connectivity index (χ0v) is 12.4. The molecule has 92 valence electrons. The zero-order valence-electron chi connectivity index (χ0n) is 11.4. The first-order valence-corrected chi connectivity index (χ1v) is 9.61. The predicted octanol–water partition coefficient (Wildman–Crippen LogP) is 3.60. The summed E-state index contributed by atoms with van der Waals surface area (Å²) in [4.78, 5) is 0. The van der Waals surface area contributed by atoms with Gasteiger partial charge in [-0.15, -0.1) is 5.54 Å². The molecule has 0 heterocycles. The van der Waals surface area contributed by atoms with Crippen LogP contribution >= 0.6 is 0 Å². The molecule has 2 heteroatoms. The molecule has 1 N–H and O–H groups in total. The minimum absolute atomic E-state index is 0.244. The van der Waals surface area contributed by atoms with E-state index in [1.807, 2.05) is 38.1 Å². The molecule has 17 heavy (non-hydrogen) atoms. The van der Waals surface area contributed by atoms with Crippen LogP contribution in [0.4, 0.5) is 0 Å². The fourth-order valence-electron chi connectivity index (χ4n) is 1.41. The van der Waals surface area contributed by atoms with Crippen LogP contribution in [0.2, 0.25) is 19.6 Å². The van der Waals surface area contributed by atoms with Gasteiger partial charge >= 0.3 is 0 Å². The van der Waals surface area contributed by atoms with Gasteiger partial charge in [0.25, 0.3) is 0 Å². The lowest BCUT2D eigenvalue weighted by atomic mass is 9.98. The van der Waals surface area contributed by atoms with E-state index in [2.05, 4.69) is 31.1 Å². The van der Waals surface area contributed by atoms with Crippen LogP contribution in [0.3, 0.4) is 0 Å². The molecule has 1 nitrogen and oxygen atoms in total. The first-order valence-electron chi connectivity index (χ1n) is 6.11. The smallest absolute Gasteiger partial charge is 0.129 e. The fourth-order valence-corrected chi connectivity index (χ4v) is 1.93. The van der Waals surface area contributed by atoms with Crippen LogP contribution in [-0.2, 0) is 0 Å². The summed E-state index contributed by atoms with van der Waals surface area (Å²) in [6, 6.07) is 7.93. The molecule has 0 bridgehead atoms. The summed E-state index contributed by atoms with van der Waals surface area (Å²) in [6.07, 6.45) is -0.381. The first kappa shape index (κ1) is 14.0. The van der Waals surface area contributed by atoms with Crippen molar-refractivity contribution in [2.75, 3.05) is 0 Å². The third-order valence-electron chi connectivity index (χ3n) is 2.47. The molecule has 0 aliphatic rings. The Morgan fingerprint density at radius 3 is 2.00 bits per heavy atom. The van der Waals surface area contributed by atoms with Crippen molar-refractivity contribution in [3.8, 4) is 11.5 Å². The van der Waals surface area contributed by atoms with Gasteiger partial charge in [0.05, 0.1) is 6.10 Å². The second-order valence-electron chi connectivity index (χ2n) is 5.81. The van der Waals surface area contributed by atoms with E-state index in [0.29, 0.717) is 0 Å². The van der Waals surface area contributed by atoms with E-state index in [-0.39, 0.29) is 12.0 Å². The van der Waals surface area contributed by atoms with Crippen molar-refractivity contribution < 1.29 is 5.11 Å². The van der Waals surface area contributed by atoms with Gasteiger partial charge < -0.3 is 5.11 Å². The number of hydrogen-bond donors (Lipinski definition) is 1. The summed E-state index contributed by atoms with van der Waals surface area (Å²) in [5.41, 5.74) is 5.34. The highest BCUT2D eigenvalue weighted by molar-refractivity contribution is 6.83. The molecule has 1 atom stereocenters. The van der Waals surface area contributed by atoms with Crippen molar-refractivity contribution in [2.45, 2.75) is 39.6 Å². The quantitative estimate of drug-likeness (QED) is 0.624. The summed E-state index contributed by atoms with van der Waals surface area (Å²) in [5.74, 6) is 3.45. The SMILES string of the molecule is CC(C)[C@H](O)c1ccc(C#C[Si](C)(C)C)cc1. The van der Waals surface area contributed by atoms with Crippen LogP contribution in [0.25, 0.3) is 0 Å². The topological polar surface area (TPSA) is 20.2 Å². The second-order valence-corrected chi connectivity index (χ2v) is 10.6. The molecule has 0 fully saturated rings. The zero-order chi connectivity index (χ0) is 13.1. The molecule has 0 aromatic heterocycles. The third-order valence-corrected chi connectivity index (χ3v) is 3.34. The molecular formula is C15H22OSi. The number of aliphatic hydroxyl groups is 1. The molecular weight excluding hydrogens is 224 g/mol. The standard InChI is InChI=1S/C15H22OSi/c1-12(2)15(16)14-8-6-13(7-9-14)10-11-17(3,4)5/h6-9,12,15-16H,1-5H3/t15-/m0/s1. The summed E-state index contributed by atoms with van der Waals surface area (Å²) in [6.45, 7) is 10.7. The van der Waals surface area contributed by atoms with Gasteiger partial charge in [0.1, 0.15) is 8.07 Å². The van der Waals surface area contributed by atoms with E-state index in [1.54, 1.807) is 0 Å². The monoisotopic (exact) mass is 246 g/mol. The Bertz CT molecular complexity index is 415. The van der Waals surface area contributed by atoms with Crippen molar-refractivity contribution in [1.29, 1.82) is 0 Å². The van der Waals surface area contributed by atoms with Gasteiger partial charge in [-0.1, -0.05) is 51.5 Å². The van der Waals surface area contributed by atoms with Crippen molar-refractivity contribution in [3.63, 3.8) is 0 Å². The van der Waals surface area contributed by atoms with E-state index in [0.717, 1.165) is 11.1 Å². The summed E-state index contributed by atoms with van der Waals surface area (Å²) >= 11 is 0. The lowest BCUT2D eigenvalue weighted by Crippen LogP contribution is -2.16. The highest BCUT2D eigenvalue weighted by Gasteiger charge is 2.11. The fraction of sp³-hybridized carbons (Fsp3) is 0.467. The predicted molar refractivity (Wildman–Crippen MR) is 76.5 cm³/mol. The molecule has 0 amide bonds. The molecule has 0 spiro atoms. The van der Waals surface area contributed by atoms with Gasteiger partial charge in [0.2, 0.25) is 0 Å². The average molecular weight is 246 g/mol. The minimum Gasteiger partial charge on any atom is -0.388 e. The molecule has 0 saturated carbocycles. The van der Waals surface area contributed by atoms with Gasteiger partial charge in [0, 0.05) is 5.56 Å². The molecule has 0 radical (unpaired) electrons. The van der Waals surface area contributed by atoms with E-state index in [1.165, 1.54) is 0 Å². The van der Waals surface area contributed by atoms with E-state index in [4.69, 9.17) is 0 Å². The average Bonchev–Trinajstić information content (AvgIpc) is 2.25. The van der Waals surface area contributed by atoms with Crippen molar-refractivity contribution in [2.24, 2.45) is 5.92 Å². The van der Waals surface area contributed by atoms with Crippen LogP contribution < -0.4 is 0 Å². The number of aliphatic hydroxyl groups excluding tert-OH is 1. The molecule has 1 aromatic rings. The van der Waals surface area contributed by atoms with Crippen molar-refractivity contribution >= 4 is 8.07 Å². The lowest BCUT2D eigenvalue weighted by molar-refractivity contribution is 0.127. The Kier molecular flexibility index (Phi) is 4.56. The molecule has 0 saturated heterocycles. The van der Waals surface area contributed by atoms with Crippen LogP contribution in [0.5, 0.6) is 0 Å². The maximum absolute atomic E-state index is 9.92. The Morgan fingerprint density at radius 1 is 1.06 bits per heavy atom. The normalized spacial score (nSPS) is 13.1. The Hall–Kier alpha value is -1.04. The highest BCUT2D eigenvalue weighted by atomic mass is 28.3. The molecule has 1 aromatic carbocycles. The summed E-state index contributed by atoms with van der Waals surface area (Å²) in [5, 5.41) is 9.92. The summed E-state index contributed by atoms with van der Waals surface area (Å²) in [7, 11) is -1.30. The number of hydrogen-bond acceptors (Lipinski definition) is 1. The van der Waals surface area contributed by atoms with Crippen LogP contribution in [0, 0.1) is 17.4 Å². The van der Waals surface area contributed by atoms with E-state index in [9.17, 15) is 5.11 Å². The van der Waals surface area contributed by atoms with Gasteiger partial charge in [-0.3, -0.25) is 0 Å². The highest BCUT2D eigenvalue weighted by Crippen LogP contribution is 2.21. The number of rotatable bonds is 2. The first-order chi connectivity index (χ1) is 7.79. The van der Waals surface area contributed by atoms with Crippen LogP contribution in [0.1, 0.15) is 31.1 Å². The van der Waals surface area contributed by atoms with E-state index >= 15 is 0 Å². The Balaban J connectivity index is 2.84. The molecule has 0 aliphatic carbocycles. The van der Waals surface area contributed by atoms with Gasteiger partial charge in [-0.25, -0.2) is 0 Å². The Labute approximate surface area is 106 Å². The van der Waals surface area contributed by atoms with Crippen LogP contribution in [0.15, 0.2) is 24.3 Å². The van der Waals surface area contributed by atoms with Gasteiger partial charge in [0.15, 0.2) is 0 Å². The maximum Gasteiger partial charge on any atom is 0.129 e. The summed E-state index contributed by atoms with van der Waals surface area (Å²) < 4.78 is 0. The molecule has 1 rings (SSSR count). The maximum atomic E-state index is 9.92. The number of benzene rings is 1. The van der Waals surface area contributed by atoms with Gasteiger partial charge in [-0.05, 0) is 23.6 Å². The van der Waals surface area contributed by atoms with Crippen molar-refractivity contribution in [1.82, 2.24) is 0 Å². The lowest BCUT2D eigenvalue weighted by Gasteiger charge is -2.14. The van der Waals surface area contributed by atoms with Crippen molar-refractivity contribution in [3.05, 3.63) is 35.4 Å². The minimum atomic E-state index is -1.30. The Morgan fingerprint density at radius 2 is 1.59 bits per heavy atom. The van der Waals surface area contributed by atoms with Gasteiger partial charge in [-0.2, -0.15) is 0 Å². The largest absolute Gasteiger partial charge is 0.388 e. The van der Waals surface area contributed by atoms with Crippen LogP contribution in [-0.4, -0.2) is 13.2 Å².